The van der Waals surface area contributed by atoms with Crippen molar-refractivity contribution in [3.8, 4) is 0 Å². The van der Waals surface area contributed by atoms with Gasteiger partial charge in [-0.3, -0.25) is 9.59 Å². The first kappa shape index (κ1) is 16.8. The van der Waals surface area contributed by atoms with E-state index in [1.807, 2.05) is 6.92 Å². The molecule has 18 heavy (non-hydrogen) atoms. The summed E-state index contributed by atoms with van der Waals surface area (Å²) >= 11 is 0. The van der Waals surface area contributed by atoms with Crippen molar-refractivity contribution in [3.05, 3.63) is 0 Å². The molecule has 1 heterocycles. The number of carboxylic acids is 2. The van der Waals surface area contributed by atoms with Gasteiger partial charge in [-0.25, -0.2) is 0 Å². The van der Waals surface area contributed by atoms with Crippen molar-refractivity contribution < 1.29 is 25.0 Å². The van der Waals surface area contributed by atoms with E-state index in [4.69, 9.17) is 15.4 Å². The van der Waals surface area contributed by atoms with E-state index in [1.165, 1.54) is 0 Å². The SMILES string of the molecule is CCC(C)C(NO)C(=O)O.O=C(O)[C@@H]1CCCN1. The Bertz CT molecular complexity index is 266. The summed E-state index contributed by atoms with van der Waals surface area (Å²) in [5.74, 6) is -1.79. The van der Waals surface area contributed by atoms with Crippen molar-refractivity contribution in [2.45, 2.75) is 45.2 Å². The summed E-state index contributed by atoms with van der Waals surface area (Å²) in [5, 5.41) is 28.0. The molecule has 0 radical (unpaired) electrons. The second-order valence-electron chi connectivity index (χ2n) is 4.32. The number of aliphatic carboxylic acids is 2. The molecular weight excluding hydrogens is 240 g/mol. The fourth-order valence-corrected chi connectivity index (χ4v) is 1.56. The Kier molecular flexibility index (Phi) is 8.27. The number of hydrogen-bond donors (Lipinski definition) is 5. The molecule has 106 valence electrons. The summed E-state index contributed by atoms with van der Waals surface area (Å²) in [6.45, 7) is 4.50. The van der Waals surface area contributed by atoms with Gasteiger partial charge in [0.15, 0.2) is 0 Å². The van der Waals surface area contributed by atoms with Crippen LogP contribution in [0, 0.1) is 5.92 Å². The van der Waals surface area contributed by atoms with Crippen LogP contribution in [0.15, 0.2) is 0 Å². The predicted molar refractivity (Wildman–Crippen MR) is 64.5 cm³/mol. The number of rotatable bonds is 5. The van der Waals surface area contributed by atoms with Crippen molar-refractivity contribution in [2.24, 2.45) is 5.92 Å². The highest BCUT2D eigenvalue weighted by molar-refractivity contribution is 5.73. The van der Waals surface area contributed by atoms with Gasteiger partial charge < -0.3 is 20.7 Å². The average molecular weight is 262 g/mol. The Balaban J connectivity index is 0.000000327. The molecule has 5 N–H and O–H groups in total. The minimum Gasteiger partial charge on any atom is -0.480 e. The molecule has 0 aromatic carbocycles. The molecule has 1 aliphatic rings. The van der Waals surface area contributed by atoms with Gasteiger partial charge in [-0.15, -0.1) is 0 Å². The summed E-state index contributed by atoms with van der Waals surface area (Å²) in [6.07, 6.45) is 2.51. The third-order valence-electron chi connectivity index (χ3n) is 2.98. The summed E-state index contributed by atoms with van der Waals surface area (Å²) in [4.78, 5) is 20.4. The number of carbonyl (C=O) groups is 2. The maximum Gasteiger partial charge on any atom is 0.323 e. The zero-order chi connectivity index (χ0) is 14.1. The number of nitrogens with one attached hydrogen (secondary N) is 2. The molecule has 0 aliphatic carbocycles. The first-order valence-electron chi connectivity index (χ1n) is 6.02. The van der Waals surface area contributed by atoms with Gasteiger partial charge in [0.1, 0.15) is 12.1 Å². The van der Waals surface area contributed by atoms with Gasteiger partial charge in [0, 0.05) is 0 Å². The van der Waals surface area contributed by atoms with Gasteiger partial charge in [0.2, 0.25) is 0 Å². The lowest BCUT2D eigenvalue weighted by Crippen LogP contribution is -2.39. The molecule has 1 rings (SSSR count). The molecular formula is C11H22N2O5. The number of hydroxylamine groups is 1. The maximum atomic E-state index is 10.3. The maximum absolute atomic E-state index is 10.3. The van der Waals surface area contributed by atoms with Gasteiger partial charge in [0.25, 0.3) is 0 Å². The first-order valence-corrected chi connectivity index (χ1v) is 6.02. The van der Waals surface area contributed by atoms with E-state index in [1.54, 1.807) is 12.4 Å². The lowest BCUT2D eigenvalue weighted by Gasteiger charge is -2.15. The highest BCUT2D eigenvalue weighted by atomic mass is 16.5. The topological polar surface area (TPSA) is 119 Å². The molecule has 3 atom stereocenters. The Labute approximate surface area is 106 Å². The minimum atomic E-state index is -1.02. The highest BCUT2D eigenvalue weighted by Gasteiger charge is 2.21. The van der Waals surface area contributed by atoms with Crippen LogP contribution in [0.5, 0.6) is 0 Å². The van der Waals surface area contributed by atoms with E-state index in [-0.39, 0.29) is 12.0 Å². The van der Waals surface area contributed by atoms with E-state index in [9.17, 15) is 9.59 Å². The fraction of sp³-hybridized carbons (Fsp3) is 0.818. The van der Waals surface area contributed by atoms with E-state index in [0.717, 1.165) is 25.8 Å². The summed E-state index contributed by atoms with van der Waals surface area (Å²) in [5.41, 5.74) is 1.75. The normalized spacial score (nSPS) is 21.6. The van der Waals surface area contributed by atoms with Crippen molar-refractivity contribution in [3.63, 3.8) is 0 Å². The summed E-state index contributed by atoms with van der Waals surface area (Å²) in [6, 6.07) is -1.11. The highest BCUT2D eigenvalue weighted by Crippen LogP contribution is 2.06. The molecule has 0 bridgehead atoms. The van der Waals surface area contributed by atoms with Crippen LogP contribution in [0.2, 0.25) is 0 Å². The van der Waals surface area contributed by atoms with Crippen LogP contribution >= 0.6 is 0 Å². The van der Waals surface area contributed by atoms with Crippen LogP contribution in [-0.2, 0) is 9.59 Å². The van der Waals surface area contributed by atoms with Crippen molar-refractivity contribution >= 4 is 11.9 Å². The second-order valence-corrected chi connectivity index (χ2v) is 4.32. The largest absolute Gasteiger partial charge is 0.480 e. The van der Waals surface area contributed by atoms with Crippen molar-refractivity contribution in [1.82, 2.24) is 10.8 Å². The molecule has 0 amide bonds. The van der Waals surface area contributed by atoms with E-state index >= 15 is 0 Å². The number of hydrogen-bond acceptors (Lipinski definition) is 5. The summed E-state index contributed by atoms with van der Waals surface area (Å²) in [7, 11) is 0. The molecule has 7 heteroatoms. The van der Waals surface area contributed by atoms with E-state index < -0.39 is 18.0 Å². The molecule has 1 fully saturated rings. The lowest BCUT2D eigenvalue weighted by molar-refractivity contribution is -0.144. The lowest BCUT2D eigenvalue weighted by atomic mass is 10.0. The third kappa shape index (κ3) is 5.95. The molecule has 1 saturated heterocycles. The van der Waals surface area contributed by atoms with Gasteiger partial charge in [0.05, 0.1) is 0 Å². The van der Waals surface area contributed by atoms with Crippen molar-refractivity contribution in [1.29, 1.82) is 0 Å². The molecule has 7 nitrogen and oxygen atoms in total. The van der Waals surface area contributed by atoms with Gasteiger partial charge in [-0.2, -0.15) is 5.48 Å². The molecule has 0 spiro atoms. The Morgan fingerprint density at radius 2 is 2.06 bits per heavy atom. The van der Waals surface area contributed by atoms with Crippen LogP contribution in [0.1, 0.15) is 33.1 Å². The monoisotopic (exact) mass is 262 g/mol. The standard InChI is InChI=1S/C6H13NO3.C5H9NO2/c1-3-4(2)5(7-10)6(8)9;7-5(8)4-2-1-3-6-4/h4-5,7,10H,3H2,1-2H3,(H,8,9);4,6H,1-3H2,(H,7,8)/t;4-/m.0/s1. The van der Waals surface area contributed by atoms with E-state index in [0.29, 0.717) is 0 Å². The Morgan fingerprint density at radius 1 is 1.44 bits per heavy atom. The van der Waals surface area contributed by atoms with Gasteiger partial charge in [-0.05, 0) is 25.3 Å². The minimum absolute atomic E-state index is 0.0532. The van der Waals surface area contributed by atoms with E-state index in [2.05, 4.69) is 5.32 Å². The smallest absolute Gasteiger partial charge is 0.323 e. The molecule has 0 aromatic heterocycles. The quantitative estimate of drug-likeness (QED) is 0.452. The molecule has 1 aliphatic heterocycles. The zero-order valence-electron chi connectivity index (χ0n) is 10.7. The second kappa shape index (κ2) is 8.84. The molecule has 0 aromatic rings. The predicted octanol–water partition coefficient (Wildman–Crippen LogP) is 0.288. The Morgan fingerprint density at radius 3 is 2.22 bits per heavy atom. The third-order valence-corrected chi connectivity index (χ3v) is 2.98. The number of carboxylic acid groups (broad SMARTS) is 2. The van der Waals surface area contributed by atoms with Gasteiger partial charge >= 0.3 is 11.9 Å². The van der Waals surface area contributed by atoms with Crippen LogP contribution in [0.4, 0.5) is 0 Å². The average Bonchev–Trinajstić information content (AvgIpc) is 2.83. The summed E-state index contributed by atoms with van der Waals surface area (Å²) < 4.78 is 0. The van der Waals surface area contributed by atoms with Crippen LogP contribution < -0.4 is 10.8 Å². The van der Waals surface area contributed by atoms with Gasteiger partial charge in [-0.1, -0.05) is 20.3 Å². The van der Waals surface area contributed by atoms with Crippen LogP contribution in [-0.4, -0.2) is 46.0 Å². The zero-order valence-corrected chi connectivity index (χ0v) is 10.7. The first-order chi connectivity index (χ1) is 8.43. The Hall–Kier alpha value is -1.18. The van der Waals surface area contributed by atoms with Crippen LogP contribution in [0.3, 0.4) is 0 Å². The molecule has 0 saturated carbocycles. The molecule has 2 unspecified atom stereocenters. The van der Waals surface area contributed by atoms with Crippen molar-refractivity contribution in [2.75, 3.05) is 6.54 Å². The van der Waals surface area contributed by atoms with Crippen LogP contribution in [0.25, 0.3) is 0 Å². The fourth-order valence-electron chi connectivity index (χ4n) is 1.56.